The van der Waals surface area contributed by atoms with Crippen LogP contribution < -0.4 is 11.1 Å². The summed E-state index contributed by atoms with van der Waals surface area (Å²) >= 11 is 1.44. The zero-order valence-corrected chi connectivity index (χ0v) is 15.6. The van der Waals surface area contributed by atoms with E-state index in [1.165, 1.54) is 17.8 Å². The van der Waals surface area contributed by atoms with Crippen LogP contribution >= 0.6 is 11.3 Å². The molecule has 1 amide bonds. The molecule has 7 heteroatoms. The van der Waals surface area contributed by atoms with E-state index >= 15 is 0 Å². The Balaban J connectivity index is 1.46. The quantitative estimate of drug-likeness (QED) is 0.908. The van der Waals surface area contributed by atoms with Crippen molar-refractivity contribution in [3.05, 3.63) is 28.1 Å². The van der Waals surface area contributed by atoms with Crippen molar-refractivity contribution in [1.82, 2.24) is 15.1 Å². The Morgan fingerprint density at radius 3 is 2.88 bits per heavy atom. The molecular formula is C18H23N3O3S. The van der Waals surface area contributed by atoms with Crippen LogP contribution in [0.5, 0.6) is 0 Å². The molecule has 2 bridgehead atoms. The second-order valence-corrected chi connectivity index (χ2v) is 8.99. The Labute approximate surface area is 150 Å². The van der Waals surface area contributed by atoms with Gasteiger partial charge in [-0.15, -0.1) is 16.4 Å². The van der Waals surface area contributed by atoms with Gasteiger partial charge in [-0.25, -0.2) is 4.79 Å². The van der Waals surface area contributed by atoms with Crippen LogP contribution in [0.15, 0.2) is 26.7 Å². The largest absolute Gasteiger partial charge is 0.437 e. The summed E-state index contributed by atoms with van der Waals surface area (Å²) in [4.78, 5) is 25.2. The van der Waals surface area contributed by atoms with Crippen molar-refractivity contribution in [2.75, 3.05) is 0 Å². The molecule has 4 rings (SSSR count). The first-order valence-corrected chi connectivity index (χ1v) is 9.60. The molecule has 2 heterocycles. The molecule has 2 aliphatic carbocycles. The monoisotopic (exact) mass is 361 g/mol. The average Bonchev–Trinajstić information content (AvgIpc) is 3.26. The van der Waals surface area contributed by atoms with Gasteiger partial charge in [0.15, 0.2) is 0 Å². The number of carbonyl (C=O) groups excluding carboxylic acids is 1. The standard InChI is InChI=1S/C18H23N3O3S/c1-17(2)11-6-7-18(17,3)13(9-11)19-14(22)10-21-16(23)24-15(20-21)12-5-4-8-25-12/h4-5,8,11,13H,6-7,9-10H2,1-3H3,(H,19,22)/t11-,13+,18-/m0/s1. The van der Waals surface area contributed by atoms with Crippen molar-refractivity contribution in [1.29, 1.82) is 0 Å². The van der Waals surface area contributed by atoms with Crippen molar-refractivity contribution in [2.24, 2.45) is 16.7 Å². The van der Waals surface area contributed by atoms with Crippen LogP contribution in [0.1, 0.15) is 40.0 Å². The number of hydrogen-bond acceptors (Lipinski definition) is 5. The number of aromatic nitrogens is 2. The van der Waals surface area contributed by atoms with Gasteiger partial charge in [0, 0.05) is 6.04 Å². The molecule has 2 fully saturated rings. The van der Waals surface area contributed by atoms with E-state index in [-0.39, 0.29) is 35.2 Å². The molecule has 0 radical (unpaired) electrons. The van der Waals surface area contributed by atoms with Crippen molar-refractivity contribution in [2.45, 2.75) is 52.6 Å². The molecule has 0 spiro atoms. The van der Waals surface area contributed by atoms with E-state index in [9.17, 15) is 9.59 Å². The van der Waals surface area contributed by atoms with Gasteiger partial charge >= 0.3 is 5.76 Å². The summed E-state index contributed by atoms with van der Waals surface area (Å²) in [6, 6.07) is 3.86. The van der Waals surface area contributed by atoms with E-state index in [0.717, 1.165) is 22.4 Å². The second kappa shape index (κ2) is 5.56. The molecule has 25 heavy (non-hydrogen) atoms. The van der Waals surface area contributed by atoms with Crippen molar-refractivity contribution in [3.63, 3.8) is 0 Å². The Morgan fingerprint density at radius 2 is 2.28 bits per heavy atom. The molecule has 2 aromatic heterocycles. The van der Waals surface area contributed by atoms with E-state index in [2.05, 4.69) is 31.2 Å². The highest BCUT2D eigenvalue weighted by Gasteiger charge is 2.61. The topological polar surface area (TPSA) is 77.1 Å². The number of nitrogens with one attached hydrogen (secondary N) is 1. The van der Waals surface area contributed by atoms with Gasteiger partial charge in [-0.1, -0.05) is 26.8 Å². The number of rotatable bonds is 4. The number of thiophene rings is 1. The minimum Gasteiger partial charge on any atom is -0.387 e. The number of hydrogen-bond donors (Lipinski definition) is 1. The summed E-state index contributed by atoms with van der Waals surface area (Å²) in [5.74, 6) is 0.143. The fourth-order valence-corrected chi connectivity index (χ4v) is 5.35. The number of carbonyl (C=O) groups is 1. The third-order valence-electron chi connectivity index (χ3n) is 6.76. The molecule has 0 aromatic carbocycles. The lowest BCUT2D eigenvalue weighted by Gasteiger charge is -2.39. The fourth-order valence-electron chi connectivity index (χ4n) is 4.70. The highest BCUT2D eigenvalue weighted by molar-refractivity contribution is 7.13. The highest BCUT2D eigenvalue weighted by Crippen LogP contribution is 2.65. The summed E-state index contributed by atoms with van der Waals surface area (Å²) in [6.07, 6.45) is 3.40. The first-order chi connectivity index (χ1) is 11.8. The summed E-state index contributed by atoms with van der Waals surface area (Å²) < 4.78 is 6.26. The summed E-state index contributed by atoms with van der Waals surface area (Å²) in [6.45, 7) is 6.80. The van der Waals surface area contributed by atoms with E-state index in [1.54, 1.807) is 0 Å². The predicted molar refractivity (Wildman–Crippen MR) is 95.2 cm³/mol. The normalized spacial score (nSPS) is 29.9. The third-order valence-corrected chi connectivity index (χ3v) is 7.62. The van der Waals surface area contributed by atoms with Crippen LogP contribution in [0.4, 0.5) is 0 Å². The Kier molecular flexibility index (Phi) is 3.68. The van der Waals surface area contributed by atoms with Crippen LogP contribution in [0.25, 0.3) is 10.8 Å². The number of amides is 1. The average molecular weight is 361 g/mol. The highest BCUT2D eigenvalue weighted by atomic mass is 32.1. The molecule has 2 saturated carbocycles. The lowest BCUT2D eigenvalue weighted by atomic mass is 9.69. The molecule has 2 aromatic rings. The molecular weight excluding hydrogens is 338 g/mol. The Morgan fingerprint density at radius 1 is 1.48 bits per heavy atom. The molecule has 134 valence electrons. The predicted octanol–water partition coefficient (Wildman–Crippen LogP) is 2.90. The SMILES string of the molecule is CC1(C)[C@H]2CC[C@@]1(C)[C@H](NC(=O)Cn1nc(-c3cccs3)oc1=O)C2. The Hall–Kier alpha value is -1.89. The van der Waals surface area contributed by atoms with Gasteiger partial charge in [0.05, 0.1) is 4.88 Å². The van der Waals surface area contributed by atoms with Gasteiger partial charge < -0.3 is 9.73 Å². The fraction of sp³-hybridized carbons (Fsp3) is 0.611. The lowest BCUT2D eigenvalue weighted by molar-refractivity contribution is -0.123. The number of fused-ring (bicyclic) bond motifs is 2. The zero-order valence-electron chi connectivity index (χ0n) is 14.7. The minimum atomic E-state index is -0.599. The summed E-state index contributed by atoms with van der Waals surface area (Å²) in [5.41, 5.74) is 0.353. The van der Waals surface area contributed by atoms with E-state index < -0.39 is 5.76 Å². The van der Waals surface area contributed by atoms with Gasteiger partial charge in [0.1, 0.15) is 6.54 Å². The van der Waals surface area contributed by atoms with Crippen LogP contribution in [0.3, 0.4) is 0 Å². The van der Waals surface area contributed by atoms with Crippen molar-refractivity contribution >= 4 is 17.2 Å². The number of nitrogens with zero attached hydrogens (tertiary/aromatic N) is 2. The lowest BCUT2D eigenvalue weighted by Crippen LogP contribution is -2.48. The molecule has 6 nitrogen and oxygen atoms in total. The third kappa shape index (κ3) is 2.47. The summed E-state index contributed by atoms with van der Waals surface area (Å²) in [7, 11) is 0. The summed E-state index contributed by atoms with van der Waals surface area (Å²) in [5, 5.41) is 9.18. The van der Waals surface area contributed by atoms with E-state index in [4.69, 9.17) is 4.42 Å². The van der Waals surface area contributed by atoms with Crippen molar-refractivity contribution in [3.8, 4) is 10.8 Å². The Bertz CT molecular complexity index is 851. The maximum atomic E-state index is 12.5. The van der Waals surface area contributed by atoms with Crippen LogP contribution in [-0.2, 0) is 11.3 Å². The molecule has 0 unspecified atom stereocenters. The van der Waals surface area contributed by atoms with E-state index in [0.29, 0.717) is 5.92 Å². The first-order valence-electron chi connectivity index (χ1n) is 8.72. The van der Waals surface area contributed by atoms with Gasteiger partial charge in [0.2, 0.25) is 5.91 Å². The minimum absolute atomic E-state index is 0.106. The molecule has 0 saturated heterocycles. The van der Waals surface area contributed by atoms with Crippen LogP contribution in [0, 0.1) is 16.7 Å². The van der Waals surface area contributed by atoms with Gasteiger partial charge in [-0.3, -0.25) is 4.79 Å². The molecule has 2 aliphatic rings. The molecule has 3 atom stereocenters. The van der Waals surface area contributed by atoms with Gasteiger partial charge in [-0.05, 0) is 47.5 Å². The van der Waals surface area contributed by atoms with E-state index in [1.807, 2.05) is 17.5 Å². The maximum Gasteiger partial charge on any atom is 0.437 e. The van der Waals surface area contributed by atoms with Crippen LogP contribution in [0.2, 0.25) is 0 Å². The first kappa shape index (κ1) is 16.6. The second-order valence-electron chi connectivity index (χ2n) is 8.04. The van der Waals surface area contributed by atoms with Crippen molar-refractivity contribution < 1.29 is 9.21 Å². The maximum absolute atomic E-state index is 12.5. The van der Waals surface area contributed by atoms with Gasteiger partial charge in [0.25, 0.3) is 5.89 Å². The molecule has 1 N–H and O–H groups in total. The zero-order chi connectivity index (χ0) is 17.8. The van der Waals surface area contributed by atoms with Crippen LogP contribution in [-0.4, -0.2) is 21.7 Å². The smallest absolute Gasteiger partial charge is 0.387 e. The molecule has 0 aliphatic heterocycles. The van der Waals surface area contributed by atoms with Gasteiger partial charge in [-0.2, -0.15) is 4.68 Å².